The fraction of sp³-hybridized carbons (Fsp3) is 0.650. The molecule has 0 spiro atoms. The molecule has 0 amide bonds. The Bertz CT molecular complexity index is 772. The van der Waals surface area contributed by atoms with E-state index in [0.29, 0.717) is 29.9 Å². The van der Waals surface area contributed by atoms with Crippen LogP contribution in [0.25, 0.3) is 0 Å². The van der Waals surface area contributed by atoms with Gasteiger partial charge in [-0.25, -0.2) is 8.42 Å². The van der Waals surface area contributed by atoms with E-state index in [0.717, 1.165) is 24.6 Å². The van der Waals surface area contributed by atoms with Gasteiger partial charge >= 0.3 is 0 Å². The summed E-state index contributed by atoms with van der Waals surface area (Å²) in [6.45, 7) is 11.0. The van der Waals surface area contributed by atoms with Gasteiger partial charge in [-0.05, 0) is 43.4 Å². The topological polar surface area (TPSA) is 65.0 Å². The summed E-state index contributed by atoms with van der Waals surface area (Å²) in [4.78, 5) is 7.47. The highest BCUT2D eigenvalue weighted by Gasteiger charge is 2.33. The molecule has 0 radical (unpaired) electrons. The first-order valence-electron chi connectivity index (χ1n) is 10.0. The molecule has 0 aromatic heterocycles. The number of benzene rings is 1. The third kappa shape index (κ3) is 4.14. The maximum absolute atomic E-state index is 12.6. The first-order chi connectivity index (χ1) is 12.9. The van der Waals surface area contributed by atoms with Gasteiger partial charge in [-0.2, -0.15) is 4.31 Å². The Kier molecular flexibility index (Phi) is 6.11. The van der Waals surface area contributed by atoms with Crippen LogP contribution < -0.4 is 5.32 Å². The molecule has 1 N–H and O–H groups in total. The van der Waals surface area contributed by atoms with Crippen LogP contribution in [-0.4, -0.2) is 55.8 Å². The van der Waals surface area contributed by atoms with Crippen molar-refractivity contribution in [3.63, 3.8) is 0 Å². The molecule has 2 aliphatic heterocycles. The highest BCUT2D eigenvalue weighted by Crippen LogP contribution is 2.26. The minimum absolute atomic E-state index is 0.0740. The molecule has 1 aromatic rings. The van der Waals surface area contributed by atoms with Gasteiger partial charge in [-0.1, -0.05) is 32.9 Å². The summed E-state index contributed by atoms with van der Waals surface area (Å²) in [5.74, 6) is 1.69. The lowest BCUT2D eigenvalue weighted by atomic mass is 9.95. The number of nitrogens with zero attached hydrogens (tertiary/aromatic N) is 3. The van der Waals surface area contributed by atoms with Crippen LogP contribution in [0.1, 0.15) is 52.1 Å². The van der Waals surface area contributed by atoms with Crippen molar-refractivity contribution in [2.45, 2.75) is 57.5 Å². The molecule has 1 aromatic carbocycles. The van der Waals surface area contributed by atoms with E-state index in [1.54, 1.807) is 12.1 Å². The first-order valence-corrected chi connectivity index (χ1v) is 11.5. The quantitative estimate of drug-likeness (QED) is 0.808. The van der Waals surface area contributed by atoms with E-state index >= 15 is 0 Å². The third-order valence-electron chi connectivity index (χ3n) is 5.73. The summed E-state index contributed by atoms with van der Waals surface area (Å²) in [7, 11) is -3.41. The number of sulfonamides is 1. The van der Waals surface area contributed by atoms with Crippen LogP contribution in [0.15, 0.2) is 34.2 Å². The molecule has 1 fully saturated rings. The van der Waals surface area contributed by atoms with Crippen LogP contribution in [0.2, 0.25) is 0 Å². The standard InChI is InChI=1S/C20H32N4O2S/c1-5-23(6-2)27(25,26)19-11-8-17(9-12-19)16(4)22-20-21-13-18-10-7-15(3)14-24(18)20/h8-9,11-12,15-16,18H,5-7,10,13-14H2,1-4H3,(H,21,22). The maximum atomic E-state index is 12.6. The molecule has 0 aliphatic carbocycles. The normalized spacial score (nSPS) is 23.9. The van der Waals surface area contributed by atoms with Crippen molar-refractivity contribution < 1.29 is 8.42 Å². The summed E-state index contributed by atoms with van der Waals surface area (Å²) >= 11 is 0. The zero-order chi connectivity index (χ0) is 19.6. The molecule has 1 saturated heterocycles. The molecule has 7 heteroatoms. The monoisotopic (exact) mass is 392 g/mol. The number of fused-ring (bicyclic) bond motifs is 1. The molecule has 27 heavy (non-hydrogen) atoms. The molecule has 3 atom stereocenters. The SMILES string of the molecule is CCN(CC)S(=O)(=O)c1ccc(C(C)NC2=NCC3CCC(C)CN23)cc1. The minimum atomic E-state index is -3.41. The lowest BCUT2D eigenvalue weighted by Gasteiger charge is -2.36. The van der Waals surface area contributed by atoms with Crippen LogP contribution in [0.3, 0.4) is 0 Å². The zero-order valence-electron chi connectivity index (χ0n) is 16.9. The van der Waals surface area contributed by atoms with E-state index < -0.39 is 10.0 Å². The average Bonchev–Trinajstić information content (AvgIpc) is 3.04. The Morgan fingerprint density at radius 3 is 2.52 bits per heavy atom. The number of aliphatic imine (C=N–C) groups is 1. The van der Waals surface area contributed by atoms with Gasteiger partial charge in [0.05, 0.1) is 23.5 Å². The number of rotatable bonds is 6. The summed E-state index contributed by atoms with van der Waals surface area (Å²) in [5.41, 5.74) is 1.06. The van der Waals surface area contributed by atoms with Crippen molar-refractivity contribution >= 4 is 16.0 Å². The van der Waals surface area contributed by atoms with E-state index in [1.165, 1.54) is 17.1 Å². The van der Waals surface area contributed by atoms with E-state index in [4.69, 9.17) is 4.99 Å². The molecular formula is C20H32N4O2S. The van der Waals surface area contributed by atoms with Gasteiger partial charge < -0.3 is 10.2 Å². The minimum Gasteiger partial charge on any atom is -0.350 e. The van der Waals surface area contributed by atoms with Crippen LogP contribution in [0.4, 0.5) is 0 Å². The van der Waals surface area contributed by atoms with E-state index in [2.05, 4.69) is 24.1 Å². The van der Waals surface area contributed by atoms with Crippen molar-refractivity contribution in [2.24, 2.45) is 10.9 Å². The van der Waals surface area contributed by atoms with E-state index in [1.807, 2.05) is 26.0 Å². The number of piperidine rings is 1. The Morgan fingerprint density at radius 2 is 1.89 bits per heavy atom. The second-order valence-electron chi connectivity index (χ2n) is 7.68. The largest absolute Gasteiger partial charge is 0.350 e. The van der Waals surface area contributed by atoms with Crippen molar-refractivity contribution in [3.8, 4) is 0 Å². The molecule has 6 nitrogen and oxygen atoms in total. The van der Waals surface area contributed by atoms with Crippen molar-refractivity contribution in [3.05, 3.63) is 29.8 Å². The summed E-state index contributed by atoms with van der Waals surface area (Å²) in [5, 5.41) is 3.53. The van der Waals surface area contributed by atoms with Gasteiger partial charge in [0.15, 0.2) is 5.96 Å². The molecule has 0 bridgehead atoms. The number of guanidine groups is 1. The van der Waals surface area contributed by atoms with Gasteiger partial charge in [-0.15, -0.1) is 0 Å². The lowest BCUT2D eigenvalue weighted by molar-refractivity contribution is 0.210. The predicted molar refractivity (Wildman–Crippen MR) is 109 cm³/mol. The lowest BCUT2D eigenvalue weighted by Crippen LogP contribution is -2.48. The number of nitrogens with one attached hydrogen (secondary N) is 1. The van der Waals surface area contributed by atoms with Crippen molar-refractivity contribution in [1.29, 1.82) is 0 Å². The van der Waals surface area contributed by atoms with Gasteiger partial charge in [0.2, 0.25) is 10.0 Å². The van der Waals surface area contributed by atoms with Gasteiger partial charge in [0.25, 0.3) is 0 Å². The second-order valence-corrected chi connectivity index (χ2v) is 9.62. The summed E-state index contributed by atoms with van der Waals surface area (Å²) in [6, 6.07) is 7.84. The van der Waals surface area contributed by atoms with Gasteiger partial charge in [0, 0.05) is 19.6 Å². The Labute approximate surface area is 163 Å². The summed E-state index contributed by atoms with van der Waals surface area (Å²) < 4.78 is 26.7. The van der Waals surface area contributed by atoms with Crippen LogP contribution in [-0.2, 0) is 10.0 Å². The van der Waals surface area contributed by atoms with Crippen LogP contribution in [0, 0.1) is 5.92 Å². The highest BCUT2D eigenvalue weighted by atomic mass is 32.2. The molecule has 150 valence electrons. The Balaban J connectivity index is 1.69. The fourth-order valence-corrected chi connectivity index (χ4v) is 5.45. The fourth-order valence-electron chi connectivity index (χ4n) is 3.99. The van der Waals surface area contributed by atoms with Gasteiger partial charge in [-0.3, -0.25) is 4.99 Å². The number of hydrogen-bond acceptors (Lipinski definition) is 5. The molecule has 3 rings (SSSR count). The smallest absolute Gasteiger partial charge is 0.243 e. The van der Waals surface area contributed by atoms with Crippen molar-refractivity contribution in [1.82, 2.24) is 14.5 Å². The molecule has 3 unspecified atom stereocenters. The zero-order valence-corrected chi connectivity index (χ0v) is 17.7. The first kappa shape index (κ1) is 20.1. The molecule has 2 heterocycles. The Morgan fingerprint density at radius 1 is 1.22 bits per heavy atom. The van der Waals surface area contributed by atoms with Crippen LogP contribution in [0.5, 0.6) is 0 Å². The molecule has 0 saturated carbocycles. The maximum Gasteiger partial charge on any atom is 0.243 e. The second kappa shape index (κ2) is 8.19. The predicted octanol–water partition coefficient (Wildman–Crippen LogP) is 2.84. The van der Waals surface area contributed by atoms with Crippen molar-refractivity contribution in [2.75, 3.05) is 26.2 Å². The molecule has 2 aliphatic rings. The third-order valence-corrected chi connectivity index (χ3v) is 7.80. The highest BCUT2D eigenvalue weighted by molar-refractivity contribution is 7.89. The molecular weight excluding hydrogens is 360 g/mol. The van der Waals surface area contributed by atoms with Crippen LogP contribution >= 0.6 is 0 Å². The number of hydrogen-bond donors (Lipinski definition) is 1. The van der Waals surface area contributed by atoms with E-state index in [9.17, 15) is 8.42 Å². The van der Waals surface area contributed by atoms with Gasteiger partial charge in [0.1, 0.15) is 0 Å². The average molecular weight is 393 g/mol. The van der Waals surface area contributed by atoms with E-state index in [-0.39, 0.29) is 6.04 Å². The Hall–Kier alpha value is -1.60. The summed E-state index contributed by atoms with van der Waals surface area (Å²) in [6.07, 6.45) is 2.49.